The number of rotatable bonds is 5. The molecule has 1 aliphatic rings. The average molecular weight is 283 g/mol. The SMILES string of the molecule is CC1CCC(CO)(NC(=O)CC(C)CC(C)(C)C)CC1. The Bertz CT molecular complexity index is 311. The fourth-order valence-corrected chi connectivity index (χ4v) is 3.42. The Morgan fingerprint density at radius 2 is 1.90 bits per heavy atom. The fraction of sp³-hybridized carbons (Fsp3) is 0.941. The molecule has 118 valence electrons. The van der Waals surface area contributed by atoms with Crippen LogP contribution >= 0.6 is 0 Å². The molecule has 1 saturated carbocycles. The Morgan fingerprint density at radius 3 is 2.35 bits per heavy atom. The van der Waals surface area contributed by atoms with Gasteiger partial charge in [-0.15, -0.1) is 0 Å². The molecule has 0 spiro atoms. The lowest BCUT2D eigenvalue weighted by molar-refractivity contribution is -0.125. The minimum absolute atomic E-state index is 0.0686. The normalized spacial score (nSPS) is 29.0. The van der Waals surface area contributed by atoms with Crippen LogP contribution in [-0.4, -0.2) is 23.2 Å². The maximum atomic E-state index is 12.2. The number of amides is 1. The molecule has 3 nitrogen and oxygen atoms in total. The van der Waals surface area contributed by atoms with Gasteiger partial charge in [-0.1, -0.05) is 34.6 Å². The summed E-state index contributed by atoms with van der Waals surface area (Å²) in [6.45, 7) is 11.1. The van der Waals surface area contributed by atoms with E-state index in [4.69, 9.17) is 0 Å². The number of aliphatic hydroxyl groups is 1. The van der Waals surface area contributed by atoms with Gasteiger partial charge in [0.2, 0.25) is 5.91 Å². The maximum Gasteiger partial charge on any atom is 0.220 e. The van der Waals surface area contributed by atoms with E-state index in [1.54, 1.807) is 0 Å². The van der Waals surface area contributed by atoms with Crippen molar-refractivity contribution >= 4 is 5.91 Å². The molecule has 1 fully saturated rings. The molecule has 0 aromatic carbocycles. The van der Waals surface area contributed by atoms with E-state index < -0.39 is 0 Å². The van der Waals surface area contributed by atoms with Crippen LogP contribution < -0.4 is 5.32 Å². The molecular formula is C17H33NO2. The topological polar surface area (TPSA) is 49.3 Å². The van der Waals surface area contributed by atoms with E-state index in [1.807, 2.05) is 0 Å². The molecule has 0 heterocycles. The largest absolute Gasteiger partial charge is 0.394 e. The Labute approximate surface area is 124 Å². The lowest BCUT2D eigenvalue weighted by Crippen LogP contribution is -2.53. The number of nitrogens with one attached hydrogen (secondary N) is 1. The predicted octanol–water partition coefficient (Wildman–Crippen LogP) is 3.51. The van der Waals surface area contributed by atoms with Gasteiger partial charge in [-0.3, -0.25) is 4.79 Å². The van der Waals surface area contributed by atoms with Crippen molar-refractivity contribution < 1.29 is 9.90 Å². The van der Waals surface area contributed by atoms with Crippen LogP contribution in [0.5, 0.6) is 0 Å². The first-order chi connectivity index (χ1) is 9.16. The van der Waals surface area contributed by atoms with Crippen LogP contribution in [-0.2, 0) is 4.79 Å². The minimum Gasteiger partial charge on any atom is -0.394 e. The molecule has 0 aromatic heterocycles. The Kier molecular flexibility index (Phi) is 6.06. The molecule has 1 unspecified atom stereocenters. The van der Waals surface area contributed by atoms with E-state index in [0.717, 1.165) is 32.1 Å². The highest BCUT2D eigenvalue weighted by Crippen LogP contribution is 2.32. The summed E-state index contributed by atoms with van der Waals surface area (Å²) in [5.74, 6) is 1.20. The van der Waals surface area contributed by atoms with E-state index in [2.05, 4.69) is 39.9 Å². The molecule has 0 radical (unpaired) electrons. The second kappa shape index (κ2) is 6.93. The van der Waals surface area contributed by atoms with Crippen molar-refractivity contribution in [3.05, 3.63) is 0 Å². The molecule has 1 atom stereocenters. The maximum absolute atomic E-state index is 12.2. The smallest absolute Gasteiger partial charge is 0.220 e. The molecule has 20 heavy (non-hydrogen) atoms. The number of hydrogen-bond donors (Lipinski definition) is 2. The second-order valence-electron chi connectivity index (χ2n) is 8.24. The summed E-state index contributed by atoms with van der Waals surface area (Å²) in [5.41, 5.74) is -0.0975. The lowest BCUT2D eigenvalue weighted by atomic mass is 9.77. The average Bonchev–Trinajstić information content (AvgIpc) is 2.29. The summed E-state index contributed by atoms with van der Waals surface area (Å²) in [5, 5.41) is 12.8. The van der Waals surface area contributed by atoms with E-state index in [-0.39, 0.29) is 23.5 Å². The zero-order valence-corrected chi connectivity index (χ0v) is 14.0. The lowest BCUT2D eigenvalue weighted by Gasteiger charge is -2.39. The van der Waals surface area contributed by atoms with Gasteiger partial charge in [0.05, 0.1) is 12.1 Å². The van der Waals surface area contributed by atoms with E-state index in [0.29, 0.717) is 18.3 Å². The van der Waals surface area contributed by atoms with E-state index >= 15 is 0 Å². The van der Waals surface area contributed by atoms with Crippen molar-refractivity contribution in [2.45, 2.75) is 78.7 Å². The molecule has 1 rings (SSSR count). The van der Waals surface area contributed by atoms with Crippen molar-refractivity contribution in [2.75, 3.05) is 6.61 Å². The van der Waals surface area contributed by atoms with Crippen LogP contribution in [0, 0.1) is 17.3 Å². The van der Waals surface area contributed by atoms with Crippen LogP contribution in [0.25, 0.3) is 0 Å². The van der Waals surface area contributed by atoms with E-state index in [1.165, 1.54) is 0 Å². The number of aliphatic hydroxyl groups excluding tert-OH is 1. The summed E-state index contributed by atoms with van der Waals surface area (Å²) < 4.78 is 0. The summed E-state index contributed by atoms with van der Waals surface area (Å²) >= 11 is 0. The van der Waals surface area contributed by atoms with Gasteiger partial charge in [-0.2, -0.15) is 0 Å². The van der Waals surface area contributed by atoms with Gasteiger partial charge in [0, 0.05) is 6.42 Å². The molecule has 2 N–H and O–H groups in total. The molecule has 0 bridgehead atoms. The molecule has 0 aliphatic heterocycles. The third-order valence-corrected chi connectivity index (χ3v) is 4.43. The Hall–Kier alpha value is -0.570. The van der Waals surface area contributed by atoms with Gasteiger partial charge < -0.3 is 10.4 Å². The summed E-state index contributed by atoms with van der Waals surface area (Å²) in [7, 11) is 0. The van der Waals surface area contributed by atoms with E-state index in [9.17, 15) is 9.90 Å². The van der Waals surface area contributed by atoms with Gasteiger partial charge in [-0.05, 0) is 49.4 Å². The third kappa shape index (κ3) is 5.82. The van der Waals surface area contributed by atoms with Crippen molar-refractivity contribution in [1.82, 2.24) is 5.32 Å². The van der Waals surface area contributed by atoms with Crippen LogP contribution in [0.2, 0.25) is 0 Å². The highest BCUT2D eigenvalue weighted by Gasteiger charge is 2.35. The summed E-state index contributed by atoms with van der Waals surface area (Å²) in [6.07, 6.45) is 5.61. The van der Waals surface area contributed by atoms with Crippen molar-refractivity contribution in [3.8, 4) is 0 Å². The zero-order chi connectivity index (χ0) is 15.4. The highest BCUT2D eigenvalue weighted by atomic mass is 16.3. The minimum atomic E-state index is -0.356. The van der Waals surface area contributed by atoms with Crippen LogP contribution in [0.3, 0.4) is 0 Å². The van der Waals surface area contributed by atoms with Gasteiger partial charge >= 0.3 is 0 Å². The monoisotopic (exact) mass is 283 g/mol. The third-order valence-electron chi connectivity index (χ3n) is 4.43. The van der Waals surface area contributed by atoms with Gasteiger partial charge in [0.1, 0.15) is 0 Å². The number of carbonyl (C=O) groups is 1. The first-order valence-corrected chi connectivity index (χ1v) is 8.08. The Morgan fingerprint density at radius 1 is 1.35 bits per heavy atom. The van der Waals surface area contributed by atoms with Gasteiger partial charge in [0.25, 0.3) is 0 Å². The molecule has 3 heteroatoms. The quantitative estimate of drug-likeness (QED) is 0.811. The molecule has 0 aromatic rings. The zero-order valence-electron chi connectivity index (χ0n) is 14.0. The first-order valence-electron chi connectivity index (χ1n) is 8.08. The number of hydrogen-bond acceptors (Lipinski definition) is 2. The van der Waals surface area contributed by atoms with Crippen molar-refractivity contribution in [3.63, 3.8) is 0 Å². The predicted molar refractivity (Wildman–Crippen MR) is 83.4 cm³/mol. The van der Waals surface area contributed by atoms with Crippen LogP contribution in [0.4, 0.5) is 0 Å². The molecule has 1 amide bonds. The highest BCUT2D eigenvalue weighted by molar-refractivity contribution is 5.77. The van der Waals surface area contributed by atoms with Crippen molar-refractivity contribution in [1.29, 1.82) is 0 Å². The van der Waals surface area contributed by atoms with Crippen LogP contribution in [0.15, 0.2) is 0 Å². The summed E-state index contributed by atoms with van der Waals surface area (Å²) in [6, 6.07) is 0. The molecular weight excluding hydrogens is 250 g/mol. The van der Waals surface area contributed by atoms with Crippen LogP contribution in [0.1, 0.15) is 73.1 Å². The number of carbonyl (C=O) groups excluding carboxylic acids is 1. The molecule has 1 aliphatic carbocycles. The molecule has 0 saturated heterocycles. The van der Waals surface area contributed by atoms with Crippen molar-refractivity contribution in [2.24, 2.45) is 17.3 Å². The second-order valence-corrected chi connectivity index (χ2v) is 8.24. The van der Waals surface area contributed by atoms with Gasteiger partial charge in [-0.25, -0.2) is 0 Å². The van der Waals surface area contributed by atoms with Gasteiger partial charge in [0.15, 0.2) is 0 Å². The standard InChI is InChI=1S/C17H33NO2/c1-13-6-8-17(12-19,9-7-13)18-15(20)10-14(2)11-16(3,4)5/h13-14,19H,6-12H2,1-5H3,(H,18,20). The fourth-order valence-electron chi connectivity index (χ4n) is 3.42. The summed E-state index contributed by atoms with van der Waals surface area (Å²) in [4.78, 5) is 12.2. The first kappa shape index (κ1) is 17.5. The Balaban J connectivity index is 2.47.